The molecule has 5 heteroatoms. The van der Waals surface area contributed by atoms with Crippen LogP contribution >= 0.6 is 0 Å². The minimum absolute atomic E-state index is 0.0404. The molecule has 31 heavy (non-hydrogen) atoms. The molecular weight excluding hydrogens is 386 g/mol. The van der Waals surface area contributed by atoms with Crippen molar-refractivity contribution >= 4 is 11.8 Å². The Morgan fingerprint density at radius 1 is 1.06 bits per heavy atom. The van der Waals surface area contributed by atoms with Crippen LogP contribution in [0.1, 0.15) is 43.4 Å². The summed E-state index contributed by atoms with van der Waals surface area (Å²) in [5.41, 5.74) is 9.70. The third-order valence-electron chi connectivity index (χ3n) is 6.10. The smallest absolute Gasteiger partial charge is 0.246 e. The van der Waals surface area contributed by atoms with Crippen molar-refractivity contribution in [2.45, 2.75) is 58.3 Å². The van der Waals surface area contributed by atoms with Gasteiger partial charge < -0.3 is 16.0 Å². The summed E-state index contributed by atoms with van der Waals surface area (Å²) in [6, 6.07) is 17.4. The van der Waals surface area contributed by atoms with Crippen LogP contribution in [-0.4, -0.2) is 28.8 Å². The molecule has 3 atom stereocenters. The van der Waals surface area contributed by atoms with E-state index in [0.717, 1.165) is 12.8 Å². The van der Waals surface area contributed by atoms with Gasteiger partial charge in [-0.2, -0.15) is 0 Å². The molecule has 0 saturated heterocycles. The van der Waals surface area contributed by atoms with E-state index in [1.54, 1.807) is 6.08 Å². The number of benzene rings is 2. The van der Waals surface area contributed by atoms with Crippen LogP contribution in [-0.2, 0) is 29.1 Å². The van der Waals surface area contributed by atoms with Crippen molar-refractivity contribution in [3.8, 4) is 0 Å². The molecule has 0 fully saturated rings. The number of aryl methyl sites for hydroxylation is 1. The maximum atomic E-state index is 12.8. The highest BCUT2D eigenvalue weighted by Gasteiger charge is 2.23. The lowest BCUT2D eigenvalue weighted by Gasteiger charge is -2.22. The van der Waals surface area contributed by atoms with Crippen LogP contribution < -0.4 is 11.1 Å². The van der Waals surface area contributed by atoms with Gasteiger partial charge in [-0.05, 0) is 35.4 Å². The van der Waals surface area contributed by atoms with Crippen molar-refractivity contribution in [3.05, 3.63) is 83.4 Å². The molecule has 164 valence electrons. The molecule has 0 unspecified atom stereocenters. The highest BCUT2D eigenvalue weighted by Crippen LogP contribution is 2.22. The predicted octanol–water partition coefficient (Wildman–Crippen LogP) is 3.58. The number of hydrogen-bond acceptors (Lipinski definition) is 3. The molecule has 5 nitrogen and oxygen atoms in total. The Balaban J connectivity index is 1.65. The van der Waals surface area contributed by atoms with Gasteiger partial charge in [0.25, 0.3) is 0 Å². The molecule has 2 amide bonds. The van der Waals surface area contributed by atoms with Gasteiger partial charge in [0, 0.05) is 25.2 Å². The van der Waals surface area contributed by atoms with E-state index in [1.807, 2.05) is 55.2 Å². The maximum absolute atomic E-state index is 12.8. The minimum atomic E-state index is -0.554. The number of nitrogens with zero attached hydrogens (tertiary/aromatic N) is 1. The van der Waals surface area contributed by atoms with Gasteiger partial charge in [0.05, 0.1) is 6.04 Å². The summed E-state index contributed by atoms with van der Waals surface area (Å²) in [7, 11) is 0. The van der Waals surface area contributed by atoms with Crippen LogP contribution in [0, 0.1) is 5.92 Å². The van der Waals surface area contributed by atoms with Crippen LogP contribution in [0.4, 0.5) is 0 Å². The molecule has 3 rings (SSSR count). The van der Waals surface area contributed by atoms with Gasteiger partial charge >= 0.3 is 0 Å². The SMILES string of the molecule is CC[C@@H](C)[C@H](N)C(=O)N[C@H](/C=C/C(=O)N1Cc2ccccc2C1)CCc1ccccc1. The first kappa shape index (κ1) is 22.8. The number of fused-ring (bicyclic) bond motifs is 1. The molecule has 1 heterocycles. The van der Waals surface area contributed by atoms with Gasteiger partial charge in [-0.25, -0.2) is 0 Å². The van der Waals surface area contributed by atoms with E-state index in [-0.39, 0.29) is 23.8 Å². The van der Waals surface area contributed by atoms with Crippen LogP contribution in [0.15, 0.2) is 66.7 Å². The molecule has 0 aliphatic carbocycles. The Morgan fingerprint density at radius 2 is 1.68 bits per heavy atom. The second-order valence-corrected chi connectivity index (χ2v) is 8.37. The molecule has 0 saturated carbocycles. The zero-order valence-corrected chi connectivity index (χ0v) is 18.5. The molecule has 1 aliphatic heterocycles. The molecule has 0 bridgehead atoms. The average Bonchev–Trinajstić information content (AvgIpc) is 3.24. The lowest BCUT2D eigenvalue weighted by atomic mass is 9.98. The topological polar surface area (TPSA) is 75.4 Å². The number of carbonyl (C=O) groups is 2. The van der Waals surface area contributed by atoms with Crippen LogP contribution in [0.3, 0.4) is 0 Å². The van der Waals surface area contributed by atoms with E-state index in [4.69, 9.17) is 5.73 Å². The summed E-state index contributed by atoms with van der Waals surface area (Å²) in [5, 5.41) is 3.04. The van der Waals surface area contributed by atoms with Gasteiger partial charge in [-0.1, -0.05) is 80.9 Å². The lowest BCUT2D eigenvalue weighted by molar-refractivity contribution is -0.127. The number of amides is 2. The third-order valence-corrected chi connectivity index (χ3v) is 6.10. The Bertz CT molecular complexity index is 885. The molecule has 0 radical (unpaired) electrons. The summed E-state index contributed by atoms with van der Waals surface area (Å²) in [6.07, 6.45) is 5.75. The largest absolute Gasteiger partial charge is 0.349 e. The van der Waals surface area contributed by atoms with Crippen LogP contribution in [0.5, 0.6) is 0 Å². The summed E-state index contributed by atoms with van der Waals surface area (Å²) >= 11 is 0. The van der Waals surface area contributed by atoms with Gasteiger partial charge in [-0.15, -0.1) is 0 Å². The maximum Gasteiger partial charge on any atom is 0.246 e. The van der Waals surface area contributed by atoms with Gasteiger partial charge in [0.2, 0.25) is 11.8 Å². The number of carbonyl (C=O) groups excluding carboxylic acids is 2. The second-order valence-electron chi connectivity index (χ2n) is 8.37. The molecule has 1 aliphatic rings. The summed E-state index contributed by atoms with van der Waals surface area (Å²) in [5.74, 6) is -0.108. The first-order valence-corrected chi connectivity index (χ1v) is 11.1. The molecule has 0 spiro atoms. The fraction of sp³-hybridized carbons (Fsp3) is 0.385. The molecule has 0 aromatic heterocycles. The Morgan fingerprint density at radius 3 is 2.29 bits per heavy atom. The number of hydrogen-bond donors (Lipinski definition) is 2. The van der Waals surface area contributed by atoms with E-state index >= 15 is 0 Å². The van der Waals surface area contributed by atoms with Crippen molar-refractivity contribution < 1.29 is 9.59 Å². The van der Waals surface area contributed by atoms with Crippen molar-refractivity contribution in [2.24, 2.45) is 11.7 Å². The van der Waals surface area contributed by atoms with Crippen LogP contribution in [0.2, 0.25) is 0 Å². The minimum Gasteiger partial charge on any atom is -0.349 e. The first-order valence-electron chi connectivity index (χ1n) is 11.1. The quantitative estimate of drug-likeness (QED) is 0.610. The van der Waals surface area contributed by atoms with Gasteiger partial charge in [-0.3, -0.25) is 9.59 Å². The molecule has 3 N–H and O–H groups in total. The van der Waals surface area contributed by atoms with Crippen LogP contribution in [0.25, 0.3) is 0 Å². The normalized spacial score (nSPS) is 16.0. The number of rotatable bonds is 9. The molecule has 2 aromatic carbocycles. The van der Waals surface area contributed by atoms with E-state index in [1.165, 1.54) is 16.7 Å². The van der Waals surface area contributed by atoms with Crippen molar-refractivity contribution in [1.29, 1.82) is 0 Å². The summed E-state index contributed by atoms with van der Waals surface area (Å²) in [4.78, 5) is 27.2. The zero-order chi connectivity index (χ0) is 22.2. The van der Waals surface area contributed by atoms with Gasteiger partial charge in [0.1, 0.15) is 0 Å². The van der Waals surface area contributed by atoms with Crippen molar-refractivity contribution in [2.75, 3.05) is 0 Å². The summed E-state index contributed by atoms with van der Waals surface area (Å²) in [6.45, 7) is 5.25. The number of nitrogens with one attached hydrogen (secondary N) is 1. The fourth-order valence-corrected chi connectivity index (χ4v) is 3.77. The van der Waals surface area contributed by atoms with E-state index < -0.39 is 6.04 Å². The number of nitrogens with two attached hydrogens (primary N) is 1. The predicted molar refractivity (Wildman–Crippen MR) is 124 cm³/mol. The van der Waals surface area contributed by atoms with E-state index in [2.05, 4.69) is 29.6 Å². The fourth-order valence-electron chi connectivity index (χ4n) is 3.77. The molecule has 2 aromatic rings. The summed E-state index contributed by atoms with van der Waals surface area (Å²) < 4.78 is 0. The standard InChI is InChI=1S/C26H33N3O2/c1-3-19(2)25(27)26(31)28-23(14-13-20-9-5-4-6-10-20)15-16-24(30)29-17-21-11-7-8-12-22(21)18-29/h4-12,15-16,19,23,25H,3,13-14,17-18,27H2,1-2H3,(H,28,31)/b16-15+/t19-,23+,25+/m1/s1. The van der Waals surface area contributed by atoms with Gasteiger partial charge in [0.15, 0.2) is 0 Å². The Hall–Kier alpha value is -2.92. The van der Waals surface area contributed by atoms with Crippen molar-refractivity contribution in [3.63, 3.8) is 0 Å². The lowest BCUT2D eigenvalue weighted by Crippen LogP contribution is -2.48. The monoisotopic (exact) mass is 419 g/mol. The third kappa shape index (κ3) is 6.28. The second kappa shape index (κ2) is 10.9. The highest BCUT2D eigenvalue weighted by molar-refractivity contribution is 5.88. The van der Waals surface area contributed by atoms with E-state index in [0.29, 0.717) is 19.5 Å². The van der Waals surface area contributed by atoms with E-state index in [9.17, 15) is 9.59 Å². The Kier molecular flexibility index (Phi) is 8.01. The van der Waals surface area contributed by atoms with Crippen molar-refractivity contribution in [1.82, 2.24) is 10.2 Å². The zero-order valence-electron chi connectivity index (χ0n) is 18.5. The molecular formula is C26H33N3O2. The average molecular weight is 420 g/mol. The highest BCUT2D eigenvalue weighted by atomic mass is 16.2. The Labute approximate surface area is 185 Å². The first-order chi connectivity index (χ1) is 15.0.